The molecule has 0 spiro atoms. The van der Waals surface area contributed by atoms with Gasteiger partial charge in [-0.1, -0.05) is 19.9 Å². The van der Waals surface area contributed by atoms with Gasteiger partial charge in [0.1, 0.15) is 11.8 Å². The maximum Gasteiger partial charge on any atom is 0.144 e. The van der Waals surface area contributed by atoms with Crippen LogP contribution in [0.3, 0.4) is 0 Å². The summed E-state index contributed by atoms with van der Waals surface area (Å²) in [5.41, 5.74) is 7.27. The summed E-state index contributed by atoms with van der Waals surface area (Å²) in [7, 11) is 2.03. The zero-order valence-corrected chi connectivity index (χ0v) is 10.8. The van der Waals surface area contributed by atoms with Crippen molar-refractivity contribution in [3.05, 3.63) is 29.6 Å². The molecule has 1 aromatic rings. The van der Waals surface area contributed by atoms with Gasteiger partial charge in [-0.3, -0.25) is 0 Å². The zero-order chi connectivity index (χ0) is 12.9. The van der Waals surface area contributed by atoms with Gasteiger partial charge < -0.3 is 10.6 Å². The van der Waals surface area contributed by atoms with Gasteiger partial charge in [-0.2, -0.15) is 5.26 Å². The highest BCUT2D eigenvalue weighted by Crippen LogP contribution is 2.16. The van der Waals surface area contributed by atoms with Gasteiger partial charge >= 0.3 is 0 Å². The van der Waals surface area contributed by atoms with E-state index in [1.807, 2.05) is 19.2 Å². The first-order valence-corrected chi connectivity index (χ1v) is 5.71. The molecular formula is C13H20N4. The largest absolute Gasteiger partial charge is 0.330 e. The lowest BCUT2D eigenvalue weighted by molar-refractivity contribution is 0.209. The predicted octanol–water partition coefficient (Wildman–Crippen LogP) is 1.37. The molecule has 17 heavy (non-hydrogen) atoms. The molecule has 0 saturated carbocycles. The Labute approximate surface area is 103 Å². The van der Waals surface area contributed by atoms with Crippen molar-refractivity contribution in [3.63, 3.8) is 0 Å². The number of nitriles is 1. The van der Waals surface area contributed by atoms with Crippen molar-refractivity contribution in [2.75, 3.05) is 20.1 Å². The molecule has 0 aliphatic rings. The summed E-state index contributed by atoms with van der Waals surface area (Å²) >= 11 is 0. The number of pyridine rings is 1. The summed E-state index contributed by atoms with van der Waals surface area (Å²) in [5, 5.41) is 8.96. The van der Waals surface area contributed by atoms with Gasteiger partial charge in [0.25, 0.3) is 0 Å². The molecule has 0 aliphatic carbocycles. The van der Waals surface area contributed by atoms with Crippen LogP contribution in [0.1, 0.15) is 25.1 Å². The molecule has 92 valence electrons. The first kappa shape index (κ1) is 13.6. The Morgan fingerprint density at radius 3 is 2.82 bits per heavy atom. The van der Waals surface area contributed by atoms with E-state index in [2.05, 4.69) is 29.8 Å². The first-order valence-electron chi connectivity index (χ1n) is 5.71. The highest BCUT2D eigenvalue weighted by atomic mass is 15.1. The minimum absolute atomic E-state index is 0.0871. The van der Waals surface area contributed by atoms with Gasteiger partial charge in [-0.05, 0) is 25.1 Å². The molecule has 1 rings (SSSR count). The highest BCUT2D eigenvalue weighted by Gasteiger charge is 2.18. The molecule has 4 nitrogen and oxygen atoms in total. The zero-order valence-electron chi connectivity index (χ0n) is 10.8. The maximum absolute atomic E-state index is 8.96. The lowest BCUT2D eigenvalue weighted by Gasteiger charge is -2.29. The Balaban J connectivity index is 2.69. The van der Waals surface area contributed by atoms with E-state index in [4.69, 9.17) is 11.0 Å². The number of nitrogens with zero attached hydrogens (tertiary/aromatic N) is 3. The molecule has 0 aromatic carbocycles. The van der Waals surface area contributed by atoms with Gasteiger partial charge in [0.2, 0.25) is 0 Å². The number of hydrogen-bond acceptors (Lipinski definition) is 4. The second-order valence-corrected chi connectivity index (χ2v) is 5.16. The molecule has 4 heteroatoms. The Morgan fingerprint density at radius 2 is 2.24 bits per heavy atom. The topological polar surface area (TPSA) is 65.9 Å². The molecule has 0 atom stereocenters. The van der Waals surface area contributed by atoms with Crippen LogP contribution >= 0.6 is 0 Å². The molecule has 0 bridgehead atoms. The van der Waals surface area contributed by atoms with Crippen LogP contribution in [-0.2, 0) is 6.54 Å². The quantitative estimate of drug-likeness (QED) is 0.832. The first-order chi connectivity index (χ1) is 7.98. The average molecular weight is 232 g/mol. The van der Waals surface area contributed by atoms with Crippen LogP contribution in [0, 0.1) is 16.7 Å². The van der Waals surface area contributed by atoms with Crippen LogP contribution < -0.4 is 5.73 Å². The van der Waals surface area contributed by atoms with Crippen molar-refractivity contribution >= 4 is 0 Å². The summed E-state index contributed by atoms with van der Waals surface area (Å²) in [6, 6.07) is 5.92. The molecule has 0 radical (unpaired) electrons. The SMILES string of the molecule is CN(Cc1cccnc1C#N)CC(C)(C)CN. The van der Waals surface area contributed by atoms with E-state index in [0.717, 1.165) is 18.7 Å². The van der Waals surface area contributed by atoms with Crippen LogP contribution in [0.4, 0.5) is 0 Å². The lowest BCUT2D eigenvalue weighted by atomic mass is 9.93. The Hall–Kier alpha value is -1.44. The van der Waals surface area contributed by atoms with Crippen molar-refractivity contribution in [1.29, 1.82) is 5.26 Å². The minimum Gasteiger partial charge on any atom is -0.330 e. The van der Waals surface area contributed by atoms with Crippen LogP contribution in [0.2, 0.25) is 0 Å². The fourth-order valence-corrected chi connectivity index (χ4v) is 1.81. The molecule has 2 N–H and O–H groups in total. The Morgan fingerprint density at radius 1 is 1.53 bits per heavy atom. The van der Waals surface area contributed by atoms with Crippen molar-refractivity contribution < 1.29 is 0 Å². The molecule has 0 aliphatic heterocycles. The molecule has 1 aromatic heterocycles. The van der Waals surface area contributed by atoms with E-state index < -0.39 is 0 Å². The predicted molar refractivity (Wildman–Crippen MR) is 68.1 cm³/mol. The summed E-state index contributed by atoms with van der Waals surface area (Å²) in [6.45, 7) is 6.54. The van der Waals surface area contributed by atoms with E-state index >= 15 is 0 Å². The number of aromatic nitrogens is 1. The van der Waals surface area contributed by atoms with Crippen molar-refractivity contribution in [3.8, 4) is 6.07 Å². The van der Waals surface area contributed by atoms with E-state index in [0.29, 0.717) is 12.2 Å². The fourth-order valence-electron chi connectivity index (χ4n) is 1.81. The molecule has 0 fully saturated rings. The van der Waals surface area contributed by atoms with Crippen molar-refractivity contribution in [2.45, 2.75) is 20.4 Å². The second kappa shape index (κ2) is 5.76. The van der Waals surface area contributed by atoms with Crippen LogP contribution in [0.5, 0.6) is 0 Å². The average Bonchev–Trinajstić information content (AvgIpc) is 2.29. The monoisotopic (exact) mass is 232 g/mol. The van der Waals surface area contributed by atoms with Gasteiger partial charge in [-0.15, -0.1) is 0 Å². The summed E-state index contributed by atoms with van der Waals surface area (Å²) in [6.07, 6.45) is 1.64. The summed E-state index contributed by atoms with van der Waals surface area (Å²) in [5.74, 6) is 0. The molecule has 0 amide bonds. The molecule has 0 saturated heterocycles. The number of nitrogens with two attached hydrogens (primary N) is 1. The third kappa shape index (κ3) is 4.14. The highest BCUT2D eigenvalue weighted by molar-refractivity contribution is 5.30. The standard InChI is InChI=1S/C13H20N4/c1-13(2,9-15)10-17(3)8-11-5-4-6-16-12(11)7-14/h4-6H,8-10,15H2,1-3H3. The fraction of sp³-hybridized carbons (Fsp3) is 0.538. The Bertz CT molecular complexity index is 406. The van der Waals surface area contributed by atoms with E-state index in [-0.39, 0.29) is 5.41 Å². The number of rotatable bonds is 5. The molecular weight excluding hydrogens is 212 g/mol. The smallest absolute Gasteiger partial charge is 0.144 e. The number of hydrogen-bond donors (Lipinski definition) is 1. The van der Waals surface area contributed by atoms with Crippen molar-refractivity contribution in [1.82, 2.24) is 9.88 Å². The van der Waals surface area contributed by atoms with Gasteiger partial charge in [-0.25, -0.2) is 4.98 Å². The Kier molecular flexibility index (Phi) is 4.62. The van der Waals surface area contributed by atoms with Crippen LogP contribution in [0.15, 0.2) is 18.3 Å². The van der Waals surface area contributed by atoms with E-state index in [1.165, 1.54) is 0 Å². The maximum atomic E-state index is 8.96. The third-order valence-electron chi connectivity index (χ3n) is 2.69. The second-order valence-electron chi connectivity index (χ2n) is 5.16. The van der Waals surface area contributed by atoms with E-state index in [1.54, 1.807) is 6.20 Å². The lowest BCUT2D eigenvalue weighted by Crippen LogP contribution is -2.36. The van der Waals surface area contributed by atoms with Gasteiger partial charge in [0, 0.05) is 24.8 Å². The summed E-state index contributed by atoms with van der Waals surface area (Å²) < 4.78 is 0. The van der Waals surface area contributed by atoms with Crippen LogP contribution in [-0.4, -0.2) is 30.0 Å². The molecule has 0 unspecified atom stereocenters. The van der Waals surface area contributed by atoms with Crippen molar-refractivity contribution in [2.24, 2.45) is 11.1 Å². The molecule has 1 heterocycles. The van der Waals surface area contributed by atoms with E-state index in [9.17, 15) is 0 Å². The minimum atomic E-state index is 0.0871. The third-order valence-corrected chi connectivity index (χ3v) is 2.69. The summed E-state index contributed by atoms with van der Waals surface area (Å²) in [4.78, 5) is 6.23. The van der Waals surface area contributed by atoms with Gasteiger partial charge in [0.05, 0.1) is 0 Å². The van der Waals surface area contributed by atoms with Gasteiger partial charge in [0.15, 0.2) is 0 Å². The normalized spacial score (nSPS) is 11.5. The van der Waals surface area contributed by atoms with Crippen LogP contribution in [0.25, 0.3) is 0 Å².